The summed E-state index contributed by atoms with van der Waals surface area (Å²) in [4.78, 5) is 0. The van der Waals surface area contributed by atoms with Crippen LogP contribution in [0.2, 0.25) is 0 Å². The summed E-state index contributed by atoms with van der Waals surface area (Å²) in [6.45, 7) is 1.66. The van der Waals surface area contributed by atoms with E-state index in [0.29, 0.717) is 0 Å². The molecule has 1 aliphatic heterocycles. The van der Waals surface area contributed by atoms with Crippen LogP contribution < -0.4 is 10.0 Å². The van der Waals surface area contributed by atoms with Crippen LogP contribution in [-0.2, 0) is 10.0 Å². The Morgan fingerprint density at radius 3 is 2.20 bits per heavy atom. The van der Waals surface area contributed by atoms with E-state index in [4.69, 9.17) is 0 Å². The molecule has 5 heteroatoms. The van der Waals surface area contributed by atoms with Crippen LogP contribution >= 0.6 is 0 Å². The summed E-state index contributed by atoms with van der Waals surface area (Å²) >= 11 is 0. The first-order chi connectivity index (χ1) is 7.18. The lowest BCUT2D eigenvalue weighted by Crippen LogP contribution is -2.44. The largest absolute Gasteiger partial charge is 0.317 e. The van der Waals surface area contributed by atoms with Gasteiger partial charge >= 0.3 is 0 Å². The van der Waals surface area contributed by atoms with Crippen LogP contribution in [0.15, 0.2) is 0 Å². The van der Waals surface area contributed by atoms with Gasteiger partial charge in [-0.15, -0.1) is 0 Å². The van der Waals surface area contributed by atoms with Gasteiger partial charge in [-0.2, -0.15) is 0 Å². The van der Waals surface area contributed by atoms with Crippen LogP contribution in [0.5, 0.6) is 0 Å². The Bertz CT molecular complexity index is 291. The van der Waals surface area contributed by atoms with Crippen LogP contribution in [0.4, 0.5) is 0 Å². The Hall–Kier alpha value is -0.130. The van der Waals surface area contributed by atoms with Crippen molar-refractivity contribution in [2.24, 2.45) is 0 Å². The van der Waals surface area contributed by atoms with Gasteiger partial charge in [0.2, 0.25) is 10.0 Å². The minimum Gasteiger partial charge on any atom is -0.317 e. The average molecular weight is 232 g/mol. The normalized spacial score (nSPS) is 25.9. The second-order valence-electron chi connectivity index (χ2n) is 4.59. The lowest BCUT2D eigenvalue weighted by molar-refractivity contribution is 0.480. The lowest BCUT2D eigenvalue weighted by atomic mass is 10.2. The minimum atomic E-state index is -3.06. The molecule has 88 valence electrons. The first-order valence-corrected chi connectivity index (χ1v) is 7.45. The van der Waals surface area contributed by atoms with Gasteiger partial charge in [-0.25, -0.2) is 13.1 Å². The van der Waals surface area contributed by atoms with Crippen molar-refractivity contribution in [3.05, 3.63) is 0 Å². The molecule has 0 amide bonds. The maximum atomic E-state index is 12.0. The highest BCUT2D eigenvalue weighted by molar-refractivity contribution is 7.90. The Kier molecular flexibility index (Phi) is 3.64. The zero-order chi connectivity index (χ0) is 10.7. The van der Waals surface area contributed by atoms with Gasteiger partial charge in [0.1, 0.15) is 0 Å². The van der Waals surface area contributed by atoms with Crippen molar-refractivity contribution in [3.8, 4) is 0 Å². The molecule has 0 radical (unpaired) electrons. The molecular formula is C10H20N2O2S. The molecule has 1 saturated heterocycles. The number of nitrogens with one attached hydrogen (secondary N) is 2. The summed E-state index contributed by atoms with van der Waals surface area (Å²) in [5, 5.41) is 3.02. The van der Waals surface area contributed by atoms with E-state index >= 15 is 0 Å². The zero-order valence-electron chi connectivity index (χ0n) is 9.04. The van der Waals surface area contributed by atoms with E-state index in [-0.39, 0.29) is 11.3 Å². The molecule has 0 aromatic heterocycles. The van der Waals surface area contributed by atoms with E-state index in [1.54, 1.807) is 0 Å². The fraction of sp³-hybridized carbons (Fsp3) is 1.00. The zero-order valence-corrected chi connectivity index (χ0v) is 9.85. The van der Waals surface area contributed by atoms with Gasteiger partial charge in [0.15, 0.2) is 0 Å². The third-order valence-corrected chi connectivity index (χ3v) is 5.42. The van der Waals surface area contributed by atoms with Crippen LogP contribution in [0, 0.1) is 0 Å². The maximum Gasteiger partial charge on any atom is 0.214 e. The van der Waals surface area contributed by atoms with E-state index in [1.165, 1.54) is 12.8 Å². The Labute approximate surface area is 91.9 Å². The molecule has 4 nitrogen and oxygen atoms in total. The molecule has 0 aromatic carbocycles. The summed E-state index contributed by atoms with van der Waals surface area (Å²) < 4.78 is 26.9. The van der Waals surface area contributed by atoms with Gasteiger partial charge in [0.05, 0.1) is 5.25 Å². The van der Waals surface area contributed by atoms with E-state index in [9.17, 15) is 8.42 Å². The molecule has 1 heterocycles. The minimum absolute atomic E-state index is 0.167. The highest BCUT2D eigenvalue weighted by Crippen LogP contribution is 2.20. The maximum absolute atomic E-state index is 12.0. The third-order valence-electron chi connectivity index (χ3n) is 3.41. The SMILES string of the molecule is O=S(=O)(NC1CCCC1)C1CCNCC1. The van der Waals surface area contributed by atoms with Gasteiger partial charge < -0.3 is 5.32 Å². The Balaban J connectivity index is 1.92. The summed E-state index contributed by atoms with van der Waals surface area (Å²) in [5.41, 5.74) is 0. The average Bonchev–Trinajstić information content (AvgIpc) is 2.71. The number of hydrogen-bond donors (Lipinski definition) is 2. The molecule has 0 aromatic rings. The first-order valence-electron chi connectivity index (χ1n) is 5.90. The van der Waals surface area contributed by atoms with Crippen molar-refractivity contribution in [1.29, 1.82) is 0 Å². The van der Waals surface area contributed by atoms with E-state index in [0.717, 1.165) is 38.8 Å². The topological polar surface area (TPSA) is 58.2 Å². The van der Waals surface area contributed by atoms with Gasteiger partial charge in [0.25, 0.3) is 0 Å². The number of sulfonamides is 1. The summed E-state index contributed by atoms with van der Waals surface area (Å²) in [5.74, 6) is 0. The van der Waals surface area contributed by atoms with Crippen LogP contribution in [0.1, 0.15) is 38.5 Å². The monoisotopic (exact) mass is 232 g/mol. The molecule has 0 bridgehead atoms. The van der Waals surface area contributed by atoms with Gasteiger partial charge in [-0.05, 0) is 38.8 Å². The van der Waals surface area contributed by atoms with E-state index < -0.39 is 10.0 Å². The first kappa shape index (κ1) is 11.4. The number of rotatable bonds is 3. The molecular weight excluding hydrogens is 212 g/mol. The molecule has 0 spiro atoms. The van der Waals surface area contributed by atoms with E-state index in [1.807, 2.05) is 0 Å². The molecule has 2 aliphatic rings. The number of hydrogen-bond acceptors (Lipinski definition) is 3. The predicted octanol–water partition coefficient (Wildman–Crippen LogP) is 0.600. The van der Waals surface area contributed by atoms with Crippen molar-refractivity contribution in [2.75, 3.05) is 13.1 Å². The molecule has 0 atom stereocenters. The molecule has 15 heavy (non-hydrogen) atoms. The molecule has 0 unspecified atom stereocenters. The highest BCUT2D eigenvalue weighted by atomic mass is 32.2. The Morgan fingerprint density at radius 2 is 1.60 bits per heavy atom. The molecule has 2 fully saturated rings. The van der Waals surface area contributed by atoms with Crippen LogP contribution in [0.25, 0.3) is 0 Å². The fourth-order valence-electron chi connectivity index (χ4n) is 2.48. The van der Waals surface area contributed by atoms with Gasteiger partial charge in [-0.1, -0.05) is 12.8 Å². The standard InChI is InChI=1S/C10H20N2O2S/c13-15(14,10-5-7-11-8-6-10)12-9-3-1-2-4-9/h9-12H,1-8H2. The summed E-state index contributed by atoms with van der Waals surface area (Å²) in [7, 11) is -3.06. The number of piperidine rings is 1. The summed E-state index contributed by atoms with van der Waals surface area (Å²) in [6.07, 6.45) is 5.87. The lowest BCUT2D eigenvalue weighted by Gasteiger charge is -2.24. The third kappa shape index (κ3) is 2.92. The quantitative estimate of drug-likeness (QED) is 0.749. The van der Waals surface area contributed by atoms with Crippen molar-refractivity contribution in [1.82, 2.24) is 10.0 Å². The second kappa shape index (κ2) is 4.80. The van der Waals surface area contributed by atoms with Crippen molar-refractivity contribution < 1.29 is 8.42 Å². The smallest absolute Gasteiger partial charge is 0.214 e. The Morgan fingerprint density at radius 1 is 1.00 bits per heavy atom. The van der Waals surface area contributed by atoms with Gasteiger partial charge in [0, 0.05) is 6.04 Å². The molecule has 2 rings (SSSR count). The van der Waals surface area contributed by atoms with Crippen molar-refractivity contribution in [2.45, 2.75) is 49.8 Å². The van der Waals surface area contributed by atoms with Crippen molar-refractivity contribution >= 4 is 10.0 Å². The van der Waals surface area contributed by atoms with Crippen molar-refractivity contribution in [3.63, 3.8) is 0 Å². The van der Waals surface area contributed by atoms with Gasteiger partial charge in [-0.3, -0.25) is 0 Å². The van der Waals surface area contributed by atoms with Crippen LogP contribution in [-0.4, -0.2) is 32.8 Å². The molecule has 2 N–H and O–H groups in total. The molecule has 1 saturated carbocycles. The fourth-order valence-corrected chi connectivity index (χ4v) is 4.23. The van der Waals surface area contributed by atoms with Crippen LogP contribution in [0.3, 0.4) is 0 Å². The van der Waals surface area contributed by atoms with E-state index in [2.05, 4.69) is 10.0 Å². The molecule has 1 aliphatic carbocycles. The second-order valence-corrected chi connectivity index (χ2v) is 6.59. The highest BCUT2D eigenvalue weighted by Gasteiger charge is 2.30. The summed E-state index contributed by atoms with van der Waals surface area (Å²) in [6, 6.07) is 0.213. The predicted molar refractivity (Wildman–Crippen MR) is 60.2 cm³/mol.